The van der Waals surface area contributed by atoms with Crippen molar-refractivity contribution in [1.29, 1.82) is 0 Å². The molecule has 120 valence electrons. The molecule has 0 saturated heterocycles. The standard InChI is InChI=1S/C14H12N2O6S/c1-2-11(17)15-9-5-3-8(4-6-9)10-7-12(18)16-14(19)13(10)23(20,21)22/h2-7H,1H2,(H,15,17)(H2,16,18,19)(H,20,21,22). The molecule has 0 spiro atoms. The summed E-state index contributed by atoms with van der Waals surface area (Å²) in [6, 6.07) is 6.69. The molecule has 0 saturated carbocycles. The fourth-order valence-electron chi connectivity index (χ4n) is 1.94. The lowest BCUT2D eigenvalue weighted by Crippen LogP contribution is -2.11. The number of H-pyrrole nitrogens is 1. The fourth-order valence-corrected chi connectivity index (χ4v) is 2.69. The van der Waals surface area contributed by atoms with E-state index in [0.717, 1.165) is 12.1 Å². The number of aromatic hydroxyl groups is 1. The Bertz CT molecular complexity index is 929. The summed E-state index contributed by atoms with van der Waals surface area (Å²) in [5.74, 6) is -1.38. The van der Waals surface area contributed by atoms with Crippen molar-refractivity contribution in [1.82, 2.24) is 4.98 Å². The van der Waals surface area contributed by atoms with Gasteiger partial charge in [0.15, 0.2) is 4.90 Å². The number of benzene rings is 1. The van der Waals surface area contributed by atoms with E-state index in [4.69, 9.17) is 0 Å². The third-order valence-electron chi connectivity index (χ3n) is 2.88. The van der Waals surface area contributed by atoms with Gasteiger partial charge in [-0.3, -0.25) is 19.1 Å². The van der Waals surface area contributed by atoms with E-state index >= 15 is 0 Å². The quantitative estimate of drug-likeness (QED) is 0.488. The topological polar surface area (TPSA) is 137 Å². The van der Waals surface area contributed by atoms with Crippen LogP contribution in [0.2, 0.25) is 0 Å². The van der Waals surface area contributed by atoms with Gasteiger partial charge in [-0.2, -0.15) is 8.42 Å². The van der Waals surface area contributed by atoms with Gasteiger partial charge >= 0.3 is 0 Å². The molecule has 23 heavy (non-hydrogen) atoms. The van der Waals surface area contributed by atoms with Crippen LogP contribution in [-0.4, -0.2) is 29.0 Å². The Balaban J connectivity index is 2.56. The largest absolute Gasteiger partial charge is 0.494 e. The van der Waals surface area contributed by atoms with E-state index in [1.807, 2.05) is 4.98 Å². The second kappa shape index (κ2) is 6.07. The van der Waals surface area contributed by atoms with Crippen LogP contribution in [0.15, 0.2) is 52.7 Å². The predicted octanol–water partition coefficient (Wildman–Crippen LogP) is 1.12. The lowest BCUT2D eigenvalue weighted by atomic mass is 10.1. The number of carbonyl (C=O) groups excluding carboxylic acids is 1. The van der Waals surface area contributed by atoms with E-state index in [0.29, 0.717) is 5.69 Å². The molecule has 1 amide bonds. The monoisotopic (exact) mass is 336 g/mol. The van der Waals surface area contributed by atoms with E-state index in [-0.39, 0.29) is 11.1 Å². The summed E-state index contributed by atoms with van der Waals surface area (Å²) < 4.78 is 32.1. The molecule has 2 rings (SSSR count). The number of nitrogens with one attached hydrogen (secondary N) is 2. The van der Waals surface area contributed by atoms with Gasteiger partial charge in [-0.25, -0.2) is 0 Å². The number of aromatic amines is 1. The van der Waals surface area contributed by atoms with Crippen LogP contribution < -0.4 is 10.9 Å². The number of pyridine rings is 1. The minimum Gasteiger partial charge on any atom is -0.494 e. The number of hydrogen-bond donors (Lipinski definition) is 4. The van der Waals surface area contributed by atoms with Gasteiger partial charge in [0.25, 0.3) is 15.7 Å². The van der Waals surface area contributed by atoms with Crippen molar-refractivity contribution in [2.45, 2.75) is 4.90 Å². The zero-order chi connectivity index (χ0) is 17.2. The smallest absolute Gasteiger partial charge is 0.300 e. The van der Waals surface area contributed by atoms with Crippen molar-refractivity contribution in [3.05, 3.63) is 53.3 Å². The molecular weight excluding hydrogens is 324 g/mol. The summed E-state index contributed by atoms with van der Waals surface area (Å²) >= 11 is 0. The van der Waals surface area contributed by atoms with Gasteiger partial charge in [0, 0.05) is 17.3 Å². The third-order valence-corrected chi connectivity index (χ3v) is 3.81. The third kappa shape index (κ3) is 3.65. The number of aromatic nitrogens is 1. The first-order chi connectivity index (χ1) is 10.7. The van der Waals surface area contributed by atoms with Crippen molar-refractivity contribution < 1.29 is 22.9 Å². The van der Waals surface area contributed by atoms with Gasteiger partial charge in [0.1, 0.15) is 0 Å². The van der Waals surface area contributed by atoms with Gasteiger partial charge in [-0.1, -0.05) is 18.7 Å². The molecule has 0 aliphatic carbocycles. The van der Waals surface area contributed by atoms with Crippen molar-refractivity contribution in [2.75, 3.05) is 5.32 Å². The Hall–Kier alpha value is -2.91. The summed E-state index contributed by atoms with van der Waals surface area (Å²) in [6.45, 7) is 3.31. The highest BCUT2D eigenvalue weighted by atomic mass is 32.2. The zero-order valence-corrected chi connectivity index (χ0v) is 12.4. The molecule has 0 fully saturated rings. The number of carbonyl (C=O) groups is 1. The maximum absolute atomic E-state index is 11.5. The molecule has 0 radical (unpaired) electrons. The molecule has 1 aromatic carbocycles. The average molecular weight is 336 g/mol. The summed E-state index contributed by atoms with van der Waals surface area (Å²) in [6.07, 6.45) is 1.08. The Kier molecular flexibility index (Phi) is 4.34. The predicted molar refractivity (Wildman–Crippen MR) is 82.8 cm³/mol. The van der Waals surface area contributed by atoms with Crippen LogP contribution in [-0.2, 0) is 14.9 Å². The van der Waals surface area contributed by atoms with E-state index in [9.17, 15) is 27.7 Å². The summed E-state index contributed by atoms with van der Waals surface area (Å²) in [4.78, 5) is 23.7. The Morgan fingerprint density at radius 2 is 1.87 bits per heavy atom. The van der Waals surface area contributed by atoms with Gasteiger partial charge in [-0.15, -0.1) is 0 Å². The van der Waals surface area contributed by atoms with Crippen LogP contribution in [0, 0.1) is 0 Å². The first-order valence-corrected chi connectivity index (χ1v) is 7.64. The van der Waals surface area contributed by atoms with Gasteiger partial charge in [0.05, 0.1) is 0 Å². The average Bonchev–Trinajstić information content (AvgIpc) is 2.45. The number of rotatable bonds is 4. The molecule has 8 nitrogen and oxygen atoms in total. The first kappa shape index (κ1) is 16.5. The minimum atomic E-state index is -4.77. The summed E-state index contributed by atoms with van der Waals surface area (Å²) in [5.41, 5.74) is -0.249. The van der Waals surface area contributed by atoms with Crippen molar-refractivity contribution in [3.63, 3.8) is 0 Å². The molecule has 2 aromatic rings. The second-order valence-electron chi connectivity index (χ2n) is 4.47. The highest BCUT2D eigenvalue weighted by molar-refractivity contribution is 7.86. The van der Waals surface area contributed by atoms with Crippen molar-refractivity contribution in [3.8, 4) is 17.0 Å². The number of hydrogen-bond acceptors (Lipinski definition) is 5. The lowest BCUT2D eigenvalue weighted by Gasteiger charge is -2.09. The highest BCUT2D eigenvalue weighted by Gasteiger charge is 2.23. The van der Waals surface area contributed by atoms with Crippen LogP contribution >= 0.6 is 0 Å². The molecule has 0 bridgehead atoms. The Morgan fingerprint density at radius 1 is 1.26 bits per heavy atom. The molecule has 0 aliphatic rings. The number of anilines is 1. The number of amides is 1. The summed E-state index contributed by atoms with van der Waals surface area (Å²) in [5, 5.41) is 12.1. The normalized spacial score (nSPS) is 11.0. The van der Waals surface area contributed by atoms with Crippen LogP contribution in [0.4, 0.5) is 5.69 Å². The molecule has 4 N–H and O–H groups in total. The van der Waals surface area contributed by atoms with E-state index in [1.54, 1.807) is 0 Å². The van der Waals surface area contributed by atoms with Crippen LogP contribution in [0.1, 0.15) is 0 Å². The Labute approximate surface area is 130 Å². The summed E-state index contributed by atoms with van der Waals surface area (Å²) in [7, 11) is -4.77. The SMILES string of the molecule is C=CC(=O)Nc1ccc(-c2cc(=O)[nH]c(O)c2S(=O)(=O)O)cc1. The Morgan fingerprint density at radius 3 is 2.39 bits per heavy atom. The van der Waals surface area contributed by atoms with Crippen molar-refractivity contribution >= 4 is 21.7 Å². The fraction of sp³-hybridized carbons (Fsp3) is 0. The maximum Gasteiger partial charge on any atom is 0.300 e. The first-order valence-electron chi connectivity index (χ1n) is 6.20. The zero-order valence-electron chi connectivity index (χ0n) is 11.6. The second-order valence-corrected chi connectivity index (χ2v) is 5.83. The molecule has 0 atom stereocenters. The lowest BCUT2D eigenvalue weighted by molar-refractivity contribution is -0.111. The molecule has 0 unspecified atom stereocenters. The van der Waals surface area contributed by atoms with Crippen LogP contribution in [0.25, 0.3) is 11.1 Å². The van der Waals surface area contributed by atoms with Crippen LogP contribution in [0.5, 0.6) is 5.88 Å². The van der Waals surface area contributed by atoms with E-state index in [1.165, 1.54) is 24.3 Å². The van der Waals surface area contributed by atoms with Crippen LogP contribution in [0.3, 0.4) is 0 Å². The van der Waals surface area contributed by atoms with Gasteiger partial charge in [-0.05, 0) is 23.8 Å². The van der Waals surface area contributed by atoms with Crippen molar-refractivity contribution in [2.24, 2.45) is 0 Å². The highest BCUT2D eigenvalue weighted by Crippen LogP contribution is 2.31. The molecular formula is C14H12N2O6S. The molecule has 1 heterocycles. The van der Waals surface area contributed by atoms with E-state index in [2.05, 4.69) is 11.9 Å². The molecule has 9 heteroatoms. The minimum absolute atomic E-state index is 0.171. The molecule has 0 aliphatic heterocycles. The van der Waals surface area contributed by atoms with Gasteiger partial charge in [0.2, 0.25) is 11.8 Å². The van der Waals surface area contributed by atoms with E-state index < -0.39 is 32.4 Å². The van der Waals surface area contributed by atoms with Gasteiger partial charge < -0.3 is 10.4 Å². The molecule has 1 aromatic heterocycles. The maximum atomic E-state index is 11.5.